The van der Waals surface area contributed by atoms with Crippen LogP contribution in [0.4, 0.5) is 0 Å². The molecular formula is C15H17Cl2N3O2. The monoisotopic (exact) mass is 341 g/mol. The number of halogens is 2. The summed E-state index contributed by atoms with van der Waals surface area (Å²) in [6.07, 6.45) is 2.68. The van der Waals surface area contributed by atoms with Gasteiger partial charge in [-0.05, 0) is 32.0 Å². The van der Waals surface area contributed by atoms with Crippen LogP contribution in [0.25, 0.3) is 10.9 Å². The number of aromatic nitrogens is 2. The van der Waals surface area contributed by atoms with Crippen LogP contribution in [0, 0.1) is 0 Å². The fourth-order valence-corrected chi connectivity index (χ4v) is 3.26. The molecule has 2 heterocycles. The van der Waals surface area contributed by atoms with Crippen molar-refractivity contribution in [1.82, 2.24) is 14.5 Å². The zero-order chi connectivity index (χ0) is 15.9. The zero-order valence-electron chi connectivity index (χ0n) is 12.2. The maximum atomic E-state index is 12.6. The minimum Gasteiger partial charge on any atom is -0.388 e. The van der Waals surface area contributed by atoms with Crippen LogP contribution in [-0.4, -0.2) is 45.3 Å². The number of nitrogens with zero attached hydrogens (tertiary/aromatic N) is 3. The van der Waals surface area contributed by atoms with Crippen molar-refractivity contribution in [3.8, 4) is 0 Å². The molecule has 0 aliphatic carbocycles. The average molecular weight is 342 g/mol. The molecule has 22 heavy (non-hydrogen) atoms. The van der Waals surface area contributed by atoms with E-state index in [2.05, 4.69) is 9.88 Å². The summed E-state index contributed by atoms with van der Waals surface area (Å²) in [7, 11) is 2.02. The van der Waals surface area contributed by atoms with E-state index in [4.69, 9.17) is 23.2 Å². The smallest absolute Gasteiger partial charge is 0.262 e. The van der Waals surface area contributed by atoms with Gasteiger partial charge in [0.1, 0.15) is 0 Å². The van der Waals surface area contributed by atoms with Gasteiger partial charge in [-0.1, -0.05) is 23.2 Å². The minimum atomic E-state index is -0.892. The Balaban J connectivity index is 2.00. The Morgan fingerprint density at radius 2 is 1.91 bits per heavy atom. The molecule has 1 N–H and O–H groups in total. The summed E-state index contributed by atoms with van der Waals surface area (Å²) in [4.78, 5) is 19.0. The standard InChI is InChI=1S/C15H17Cl2N3O2/c1-19-6-4-15(22,5-7-19)8-20-9-18-13-11(17)3-2-10(16)12(13)14(20)21/h2-3,9,22H,4-8H2,1H3. The molecule has 1 saturated heterocycles. The predicted molar refractivity (Wildman–Crippen MR) is 87.7 cm³/mol. The molecular weight excluding hydrogens is 325 g/mol. The molecule has 0 saturated carbocycles. The number of hydrogen-bond donors (Lipinski definition) is 1. The molecule has 1 fully saturated rings. The van der Waals surface area contributed by atoms with Crippen molar-refractivity contribution in [3.05, 3.63) is 38.9 Å². The van der Waals surface area contributed by atoms with Crippen LogP contribution < -0.4 is 5.56 Å². The van der Waals surface area contributed by atoms with Crippen LogP contribution in [0.15, 0.2) is 23.3 Å². The maximum absolute atomic E-state index is 12.6. The fraction of sp³-hybridized carbons (Fsp3) is 0.467. The summed E-state index contributed by atoms with van der Waals surface area (Å²) in [5.74, 6) is 0. The number of piperidine rings is 1. The van der Waals surface area contributed by atoms with Crippen molar-refractivity contribution in [2.75, 3.05) is 20.1 Å². The number of rotatable bonds is 2. The van der Waals surface area contributed by atoms with Crippen molar-refractivity contribution < 1.29 is 5.11 Å². The van der Waals surface area contributed by atoms with Gasteiger partial charge >= 0.3 is 0 Å². The molecule has 0 unspecified atom stereocenters. The number of hydrogen-bond acceptors (Lipinski definition) is 4. The Kier molecular flexibility index (Phi) is 4.16. The van der Waals surface area contributed by atoms with Gasteiger partial charge < -0.3 is 10.0 Å². The van der Waals surface area contributed by atoms with Crippen molar-refractivity contribution >= 4 is 34.1 Å². The molecule has 1 aliphatic heterocycles. The molecule has 2 aromatic rings. The van der Waals surface area contributed by atoms with Gasteiger partial charge in [-0.2, -0.15) is 0 Å². The summed E-state index contributed by atoms with van der Waals surface area (Å²) in [5, 5.41) is 11.7. The van der Waals surface area contributed by atoms with Gasteiger partial charge in [-0.25, -0.2) is 4.98 Å². The Hall–Kier alpha value is -1.14. The summed E-state index contributed by atoms with van der Waals surface area (Å²) in [5.41, 5.74) is -0.771. The molecule has 1 aromatic heterocycles. The first kappa shape index (κ1) is 15.7. The summed E-state index contributed by atoms with van der Waals surface area (Å²) in [6, 6.07) is 3.21. The molecule has 1 aromatic carbocycles. The molecule has 0 atom stereocenters. The lowest BCUT2D eigenvalue weighted by Gasteiger charge is -2.36. The third-order valence-corrected chi connectivity index (χ3v) is 4.88. The molecule has 0 spiro atoms. The molecule has 7 heteroatoms. The predicted octanol–water partition coefficient (Wildman–Crippen LogP) is 2.16. The molecule has 3 rings (SSSR count). The topological polar surface area (TPSA) is 58.4 Å². The van der Waals surface area contributed by atoms with Crippen LogP contribution in [0.5, 0.6) is 0 Å². The largest absolute Gasteiger partial charge is 0.388 e. The quantitative estimate of drug-likeness (QED) is 0.909. The summed E-state index contributed by atoms with van der Waals surface area (Å²) in [6.45, 7) is 1.82. The lowest BCUT2D eigenvalue weighted by atomic mass is 9.91. The van der Waals surface area contributed by atoms with E-state index >= 15 is 0 Å². The lowest BCUT2D eigenvalue weighted by molar-refractivity contribution is -0.0298. The van der Waals surface area contributed by atoms with E-state index in [1.807, 2.05) is 7.05 Å². The highest BCUT2D eigenvalue weighted by Gasteiger charge is 2.32. The van der Waals surface area contributed by atoms with Gasteiger partial charge in [0.05, 0.1) is 39.4 Å². The second-order valence-electron chi connectivity index (χ2n) is 5.96. The van der Waals surface area contributed by atoms with Crippen LogP contribution in [0.2, 0.25) is 10.0 Å². The first-order valence-corrected chi connectivity index (χ1v) is 7.89. The third-order valence-electron chi connectivity index (χ3n) is 4.26. The lowest BCUT2D eigenvalue weighted by Crippen LogP contribution is -2.47. The van der Waals surface area contributed by atoms with E-state index in [1.165, 1.54) is 10.9 Å². The highest BCUT2D eigenvalue weighted by Crippen LogP contribution is 2.26. The number of likely N-dealkylation sites (tertiary alicyclic amines) is 1. The summed E-state index contributed by atoms with van der Waals surface area (Å²) >= 11 is 12.2. The van der Waals surface area contributed by atoms with Crippen LogP contribution in [0.1, 0.15) is 12.8 Å². The van der Waals surface area contributed by atoms with Crippen molar-refractivity contribution in [1.29, 1.82) is 0 Å². The maximum Gasteiger partial charge on any atom is 0.262 e. The first-order valence-electron chi connectivity index (χ1n) is 7.14. The van der Waals surface area contributed by atoms with E-state index in [0.29, 0.717) is 33.8 Å². The van der Waals surface area contributed by atoms with Gasteiger partial charge in [0.25, 0.3) is 5.56 Å². The SMILES string of the molecule is CN1CCC(O)(Cn2cnc3c(Cl)ccc(Cl)c3c2=O)CC1. The van der Waals surface area contributed by atoms with E-state index < -0.39 is 5.60 Å². The van der Waals surface area contributed by atoms with Gasteiger partial charge in [0, 0.05) is 13.1 Å². The Labute approximate surface area is 138 Å². The molecule has 0 amide bonds. The fourth-order valence-electron chi connectivity index (χ4n) is 2.82. The minimum absolute atomic E-state index is 0.214. The third kappa shape index (κ3) is 2.86. The number of aliphatic hydroxyl groups is 1. The van der Waals surface area contributed by atoms with E-state index in [-0.39, 0.29) is 12.1 Å². The highest BCUT2D eigenvalue weighted by atomic mass is 35.5. The zero-order valence-corrected chi connectivity index (χ0v) is 13.7. The van der Waals surface area contributed by atoms with Crippen LogP contribution >= 0.6 is 23.2 Å². The molecule has 0 bridgehead atoms. The van der Waals surface area contributed by atoms with E-state index in [1.54, 1.807) is 12.1 Å². The van der Waals surface area contributed by atoms with Gasteiger partial charge in [-0.3, -0.25) is 9.36 Å². The van der Waals surface area contributed by atoms with Crippen molar-refractivity contribution in [3.63, 3.8) is 0 Å². The molecule has 0 radical (unpaired) electrons. The van der Waals surface area contributed by atoms with E-state index in [0.717, 1.165) is 13.1 Å². The van der Waals surface area contributed by atoms with Crippen molar-refractivity contribution in [2.24, 2.45) is 0 Å². The van der Waals surface area contributed by atoms with Gasteiger partial charge in [-0.15, -0.1) is 0 Å². The number of fused-ring (bicyclic) bond motifs is 1. The average Bonchev–Trinajstić information content (AvgIpc) is 2.49. The normalized spacial score (nSPS) is 18.7. The Morgan fingerprint density at radius 1 is 1.27 bits per heavy atom. The molecule has 118 valence electrons. The first-order chi connectivity index (χ1) is 10.4. The highest BCUT2D eigenvalue weighted by molar-refractivity contribution is 6.39. The van der Waals surface area contributed by atoms with E-state index in [9.17, 15) is 9.90 Å². The number of benzene rings is 1. The Bertz CT molecular complexity index is 767. The summed E-state index contributed by atoms with van der Waals surface area (Å²) < 4.78 is 1.43. The van der Waals surface area contributed by atoms with Crippen molar-refractivity contribution in [2.45, 2.75) is 25.0 Å². The molecule has 1 aliphatic rings. The second-order valence-corrected chi connectivity index (χ2v) is 6.77. The second kappa shape index (κ2) is 5.81. The van der Waals surface area contributed by atoms with Crippen LogP contribution in [-0.2, 0) is 6.54 Å². The van der Waals surface area contributed by atoms with Crippen LogP contribution in [0.3, 0.4) is 0 Å². The van der Waals surface area contributed by atoms with Gasteiger partial charge in [0.2, 0.25) is 0 Å². The molecule has 5 nitrogen and oxygen atoms in total. The Morgan fingerprint density at radius 3 is 2.59 bits per heavy atom. The van der Waals surface area contributed by atoms with Gasteiger partial charge in [0.15, 0.2) is 0 Å².